The van der Waals surface area contributed by atoms with Gasteiger partial charge in [0.1, 0.15) is 0 Å². The molecule has 8 heteroatoms. The van der Waals surface area contributed by atoms with Crippen LogP contribution in [0.4, 0.5) is 0 Å². The maximum atomic E-state index is 13.0. The molecule has 0 aliphatic rings. The lowest BCUT2D eigenvalue weighted by Gasteiger charge is -2.12. The highest BCUT2D eigenvalue weighted by Crippen LogP contribution is 2.26. The molecule has 3 aromatic carbocycles. The first-order valence-corrected chi connectivity index (χ1v) is 10.6. The van der Waals surface area contributed by atoms with E-state index in [-0.39, 0.29) is 10.5 Å². The van der Waals surface area contributed by atoms with Gasteiger partial charge in [-0.05, 0) is 42.5 Å². The number of nitrogens with zero attached hydrogens (tertiary/aromatic N) is 2. The summed E-state index contributed by atoms with van der Waals surface area (Å²) in [5.74, 6) is 0. The third-order valence-electron chi connectivity index (χ3n) is 4.33. The van der Waals surface area contributed by atoms with Gasteiger partial charge in [0.05, 0.1) is 21.7 Å². The summed E-state index contributed by atoms with van der Waals surface area (Å²) in [4.78, 5) is 13.0. The molecule has 0 radical (unpaired) electrons. The zero-order valence-electron chi connectivity index (χ0n) is 14.4. The number of rotatable bonds is 3. The minimum absolute atomic E-state index is 0.0294. The van der Waals surface area contributed by atoms with Crippen LogP contribution in [0.3, 0.4) is 0 Å². The number of sulfonamides is 1. The van der Waals surface area contributed by atoms with E-state index in [1.165, 1.54) is 28.9 Å². The van der Waals surface area contributed by atoms with Crippen LogP contribution in [-0.4, -0.2) is 18.2 Å². The number of aromatic nitrogens is 2. The van der Waals surface area contributed by atoms with Gasteiger partial charge in [0.25, 0.3) is 5.56 Å². The Kier molecular flexibility index (Phi) is 4.62. The Bertz CT molecular complexity index is 1350. The van der Waals surface area contributed by atoms with Crippen LogP contribution in [0.5, 0.6) is 0 Å². The number of nitrogens with two attached hydrogens (primary N) is 1. The smallest absolute Gasteiger partial charge is 0.267 e. The van der Waals surface area contributed by atoms with E-state index in [2.05, 4.69) is 21.0 Å². The van der Waals surface area contributed by atoms with Crippen LogP contribution >= 0.6 is 15.9 Å². The van der Waals surface area contributed by atoms with E-state index < -0.39 is 10.0 Å². The van der Waals surface area contributed by atoms with Crippen LogP contribution in [0, 0.1) is 0 Å². The molecule has 0 aliphatic heterocycles. The molecule has 6 nitrogen and oxygen atoms in total. The SMILES string of the molecule is NS(=O)(=O)c1ccc(-n2nc(-c3ccc(Br)cc3)c3ccccc3c2=O)cc1. The monoisotopic (exact) mass is 455 g/mol. The summed E-state index contributed by atoms with van der Waals surface area (Å²) in [6, 6.07) is 20.6. The number of hydrogen-bond donors (Lipinski definition) is 1. The Morgan fingerprint density at radius 3 is 2.07 bits per heavy atom. The predicted octanol–water partition coefficient (Wildman–Crippen LogP) is 3.46. The van der Waals surface area contributed by atoms with Crippen molar-refractivity contribution in [2.75, 3.05) is 0 Å². The zero-order chi connectivity index (χ0) is 19.9. The van der Waals surface area contributed by atoms with E-state index >= 15 is 0 Å². The van der Waals surface area contributed by atoms with E-state index in [1.54, 1.807) is 12.1 Å². The number of hydrogen-bond acceptors (Lipinski definition) is 4. The Hall–Kier alpha value is -2.81. The van der Waals surface area contributed by atoms with Crippen LogP contribution in [0.25, 0.3) is 27.7 Å². The molecular weight excluding hydrogens is 442 g/mol. The first-order valence-electron chi connectivity index (χ1n) is 8.26. The van der Waals surface area contributed by atoms with Gasteiger partial charge in [-0.25, -0.2) is 13.6 Å². The Morgan fingerprint density at radius 1 is 0.857 bits per heavy atom. The van der Waals surface area contributed by atoms with E-state index in [1.807, 2.05) is 36.4 Å². The summed E-state index contributed by atoms with van der Waals surface area (Å²) >= 11 is 3.42. The quantitative estimate of drug-likeness (QED) is 0.511. The molecular formula is C20H14BrN3O3S. The summed E-state index contributed by atoms with van der Waals surface area (Å²) in [5, 5.41) is 11.0. The van der Waals surface area contributed by atoms with Crippen molar-refractivity contribution < 1.29 is 8.42 Å². The highest BCUT2D eigenvalue weighted by Gasteiger charge is 2.14. The number of fused-ring (bicyclic) bond motifs is 1. The van der Waals surface area contributed by atoms with E-state index in [4.69, 9.17) is 5.14 Å². The molecule has 0 bridgehead atoms. The highest BCUT2D eigenvalue weighted by molar-refractivity contribution is 9.10. The van der Waals surface area contributed by atoms with Crippen LogP contribution in [-0.2, 0) is 10.0 Å². The van der Waals surface area contributed by atoms with Gasteiger partial charge in [0, 0.05) is 15.4 Å². The molecule has 0 spiro atoms. The van der Waals surface area contributed by atoms with Crippen molar-refractivity contribution in [3.05, 3.63) is 87.6 Å². The van der Waals surface area contributed by atoms with Crippen LogP contribution < -0.4 is 10.7 Å². The Balaban J connectivity index is 1.98. The van der Waals surface area contributed by atoms with Crippen molar-refractivity contribution >= 4 is 36.7 Å². The standard InChI is InChI=1S/C20H14BrN3O3S/c21-14-7-5-13(6-8-14)19-17-3-1-2-4-18(17)20(25)24(23-19)15-9-11-16(12-10-15)28(22,26)27/h1-12H,(H2,22,26,27). The second kappa shape index (κ2) is 6.97. The molecule has 1 aromatic heterocycles. The molecule has 2 N–H and O–H groups in total. The van der Waals surface area contributed by atoms with E-state index in [0.717, 1.165) is 15.4 Å². The summed E-state index contributed by atoms with van der Waals surface area (Å²) in [5.41, 5.74) is 1.66. The molecule has 1 heterocycles. The normalized spacial score (nSPS) is 11.6. The summed E-state index contributed by atoms with van der Waals surface area (Å²) in [7, 11) is -3.81. The molecule has 140 valence electrons. The molecule has 0 aliphatic carbocycles. The average Bonchev–Trinajstić information content (AvgIpc) is 2.69. The van der Waals surface area contributed by atoms with Gasteiger partial charge in [-0.1, -0.05) is 46.3 Å². The molecule has 0 amide bonds. The van der Waals surface area contributed by atoms with Crippen LogP contribution in [0.15, 0.2) is 87.0 Å². The molecule has 0 fully saturated rings. The van der Waals surface area contributed by atoms with Crippen LogP contribution in [0.2, 0.25) is 0 Å². The fourth-order valence-corrected chi connectivity index (χ4v) is 3.74. The second-order valence-electron chi connectivity index (χ2n) is 6.16. The first kappa shape index (κ1) is 18.5. The van der Waals surface area contributed by atoms with Crippen molar-refractivity contribution in [1.29, 1.82) is 0 Å². The molecule has 4 aromatic rings. The molecule has 4 rings (SSSR count). The van der Waals surface area contributed by atoms with Gasteiger partial charge in [-0.3, -0.25) is 4.79 Å². The molecule has 28 heavy (non-hydrogen) atoms. The molecule has 0 saturated carbocycles. The topological polar surface area (TPSA) is 95.1 Å². The third-order valence-corrected chi connectivity index (χ3v) is 5.79. The van der Waals surface area contributed by atoms with Crippen LogP contribution in [0.1, 0.15) is 0 Å². The number of primary sulfonamides is 1. The lowest BCUT2D eigenvalue weighted by molar-refractivity contribution is 0.598. The summed E-state index contributed by atoms with van der Waals surface area (Å²) < 4.78 is 25.2. The fraction of sp³-hybridized carbons (Fsp3) is 0. The van der Waals surface area contributed by atoms with Gasteiger partial charge in [-0.2, -0.15) is 9.78 Å². The first-order chi connectivity index (χ1) is 13.3. The van der Waals surface area contributed by atoms with Gasteiger partial charge in [-0.15, -0.1) is 0 Å². The highest BCUT2D eigenvalue weighted by atomic mass is 79.9. The molecule has 0 atom stereocenters. The fourth-order valence-electron chi connectivity index (χ4n) is 2.96. The van der Waals surface area contributed by atoms with Gasteiger partial charge < -0.3 is 0 Å². The van der Waals surface area contributed by atoms with Crippen molar-refractivity contribution in [3.8, 4) is 16.9 Å². The number of halogens is 1. The van der Waals surface area contributed by atoms with Crippen molar-refractivity contribution in [1.82, 2.24) is 9.78 Å². The Morgan fingerprint density at radius 2 is 1.46 bits per heavy atom. The van der Waals surface area contributed by atoms with Crippen molar-refractivity contribution in [2.45, 2.75) is 4.90 Å². The molecule has 0 unspecified atom stereocenters. The lowest BCUT2D eigenvalue weighted by Crippen LogP contribution is -2.22. The van der Waals surface area contributed by atoms with Crippen molar-refractivity contribution in [3.63, 3.8) is 0 Å². The Labute approximate surface area is 169 Å². The van der Waals surface area contributed by atoms with Gasteiger partial charge in [0.2, 0.25) is 10.0 Å². The van der Waals surface area contributed by atoms with Gasteiger partial charge >= 0.3 is 0 Å². The number of benzene rings is 3. The maximum absolute atomic E-state index is 13.0. The zero-order valence-corrected chi connectivity index (χ0v) is 16.8. The van der Waals surface area contributed by atoms with Gasteiger partial charge in [0.15, 0.2) is 0 Å². The predicted molar refractivity (Wildman–Crippen MR) is 112 cm³/mol. The van der Waals surface area contributed by atoms with Crippen molar-refractivity contribution in [2.24, 2.45) is 5.14 Å². The minimum atomic E-state index is -3.81. The average molecular weight is 456 g/mol. The summed E-state index contributed by atoms with van der Waals surface area (Å²) in [6.45, 7) is 0. The summed E-state index contributed by atoms with van der Waals surface area (Å²) in [6.07, 6.45) is 0. The largest absolute Gasteiger partial charge is 0.279 e. The minimum Gasteiger partial charge on any atom is -0.267 e. The second-order valence-corrected chi connectivity index (χ2v) is 8.63. The van der Waals surface area contributed by atoms with E-state index in [0.29, 0.717) is 16.8 Å². The molecule has 0 saturated heterocycles. The lowest BCUT2D eigenvalue weighted by atomic mass is 10.1. The maximum Gasteiger partial charge on any atom is 0.279 e. The third kappa shape index (κ3) is 3.37. The van der Waals surface area contributed by atoms with E-state index in [9.17, 15) is 13.2 Å².